The summed E-state index contributed by atoms with van der Waals surface area (Å²) in [5.41, 5.74) is 1.74. The summed E-state index contributed by atoms with van der Waals surface area (Å²) in [6, 6.07) is 13.7. The minimum Gasteiger partial charge on any atom is -0.384 e. The molecule has 1 saturated heterocycles. The maximum absolute atomic E-state index is 10.3. The van der Waals surface area contributed by atoms with Gasteiger partial charge in [0.05, 0.1) is 0 Å². The van der Waals surface area contributed by atoms with E-state index in [1.165, 1.54) is 12.8 Å². The van der Waals surface area contributed by atoms with Gasteiger partial charge in [-0.1, -0.05) is 36.4 Å². The predicted octanol–water partition coefficient (Wildman–Crippen LogP) is 2.76. The first-order valence-electron chi connectivity index (χ1n) is 6.78. The first-order chi connectivity index (χ1) is 9.34. The molecule has 1 fully saturated rings. The van der Waals surface area contributed by atoms with Crippen LogP contribution < -0.4 is 4.90 Å². The zero-order valence-electron chi connectivity index (χ0n) is 10.9. The zero-order valence-corrected chi connectivity index (χ0v) is 10.9. The van der Waals surface area contributed by atoms with Gasteiger partial charge in [0, 0.05) is 24.8 Å². The van der Waals surface area contributed by atoms with Crippen LogP contribution in [-0.4, -0.2) is 23.2 Å². The molecule has 1 aromatic carbocycles. The molecule has 1 aliphatic rings. The number of aliphatic hydroxyl groups excluding tert-OH is 1. The molecule has 0 saturated carbocycles. The third-order valence-corrected chi connectivity index (χ3v) is 3.63. The highest BCUT2D eigenvalue weighted by atomic mass is 16.3. The number of hydrogen-bond acceptors (Lipinski definition) is 3. The summed E-state index contributed by atoms with van der Waals surface area (Å²) in [7, 11) is 0. The van der Waals surface area contributed by atoms with Crippen LogP contribution in [-0.2, 0) is 0 Å². The van der Waals surface area contributed by atoms with Gasteiger partial charge in [0.1, 0.15) is 11.9 Å². The summed E-state index contributed by atoms with van der Waals surface area (Å²) >= 11 is 0. The van der Waals surface area contributed by atoms with E-state index in [2.05, 4.69) is 9.88 Å². The Kier molecular flexibility index (Phi) is 3.47. The van der Waals surface area contributed by atoms with Crippen molar-refractivity contribution in [3.8, 4) is 0 Å². The van der Waals surface area contributed by atoms with E-state index < -0.39 is 6.10 Å². The first-order valence-corrected chi connectivity index (χ1v) is 6.78. The number of rotatable bonds is 3. The molecule has 0 spiro atoms. The Morgan fingerprint density at radius 3 is 2.32 bits per heavy atom. The second-order valence-electron chi connectivity index (χ2n) is 4.96. The highest BCUT2D eigenvalue weighted by Crippen LogP contribution is 2.23. The fourth-order valence-electron chi connectivity index (χ4n) is 2.52. The van der Waals surface area contributed by atoms with E-state index in [-0.39, 0.29) is 0 Å². The Morgan fingerprint density at radius 1 is 0.947 bits per heavy atom. The van der Waals surface area contributed by atoms with Crippen LogP contribution >= 0.6 is 0 Å². The van der Waals surface area contributed by atoms with Crippen molar-refractivity contribution in [2.24, 2.45) is 0 Å². The van der Waals surface area contributed by atoms with Gasteiger partial charge >= 0.3 is 0 Å². The van der Waals surface area contributed by atoms with Crippen LogP contribution in [0.2, 0.25) is 0 Å². The molecular weight excluding hydrogens is 236 g/mol. The molecule has 0 aliphatic carbocycles. The first kappa shape index (κ1) is 12.2. The van der Waals surface area contributed by atoms with Gasteiger partial charge in [-0.3, -0.25) is 0 Å². The van der Waals surface area contributed by atoms with E-state index in [1.807, 2.05) is 42.5 Å². The van der Waals surface area contributed by atoms with E-state index >= 15 is 0 Å². The molecule has 19 heavy (non-hydrogen) atoms. The molecule has 0 radical (unpaired) electrons. The number of pyridine rings is 1. The van der Waals surface area contributed by atoms with Gasteiger partial charge in [0.25, 0.3) is 0 Å². The summed E-state index contributed by atoms with van der Waals surface area (Å²) in [5, 5.41) is 10.3. The lowest BCUT2D eigenvalue weighted by Gasteiger charge is -2.17. The van der Waals surface area contributed by atoms with Crippen molar-refractivity contribution in [2.75, 3.05) is 18.0 Å². The molecule has 3 nitrogen and oxygen atoms in total. The van der Waals surface area contributed by atoms with Crippen molar-refractivity contribution in [3.63, 3.8) is 0 Å². The van der Waals surface area contributed by atoms with Crippen LogP contribution in [0.5, 0.6) is 0 Å². The molecule has 2 heterocycles. The van der Waals surface area contributed by atoms with Crippen molar-refractivity contribution in [1.29, 1.82) is 0 Å². The molecular formula is C16H18N2O. The van der Waals surface area contributed by atoms with Crippen molar-refractivity contribution in [2.45, 2.75) is 18.9 Å². The average Bonchev–Trinajstić information content (AvgIpc) is 3.02. The van der Waals surface area contributed by atoms with Gasteiger partial charge in [-0.25, -0.2) is 4.98 Å². The van der Waals surface area contributed by atoms with Crippen molar-refractivity contribution < 1.29 is 5.11 Å². The lowest BCUT2D eigenvalue weighted by Crippen LogP contribution is -2.18. The molecule has 98 valence electrons. The van der Waals surface area contributed by atoms with E-state index in [1.54, 1.807) is 6.20 Å². The van der Waals surface area contributed by atoms with E-state index in [0.717, 1.165) is 30.0 Å². The Bertz CT molecular complexity index is 518. The summed E-state index contributed by atoms with van der Waals surface area (Å²) in [6.45, 7) is 2.18. The lowest BCUT2D eigenvalue weighted by atomic mass is 10.0. The SMILES string of the molecule is O[C@@H](c1ccccc1)c1ccc(N2CCCC2)nc1. The van der Waals surface area contributed by atoms with Gasteiger partial charge in [-0.2, -0.15) is 0 Å². The zero-order chi connectivity index (χ0) is 13.1. The molecule has 3 rings (SSSR count). The summed E-state index contributed by atoms with van der Waals surface area (Å²) in [6.07, 6.45) is 3.68. The monoisotopic (exact) mass is 254 g/mol. The summed E-state index contributed by atoms with van der Waals surface area (Å²) in [5.74, 6) is 1.02. The fraction of sp³-hybridized carbons (Fsp3) is 0.312. The van der Waals surface area contributed by atoms with Gasteiger partial charge in [-0.05, 0) is 24.5 Å². The molecule has 0 bridgehead atoms. The van der Waals surface area contributed by atoms with Gasteiger partial charge in [0.2, 0.25) is 0 Å². The van der Waals surface area contributed by atoms with Gasteiger partial charge in [0.15, 0.2) is 0 Å². The third-order valence-electron chi connectivity index (χ3n) is 3.63. The molecule has 1 atom stereocenters. The van der Waals surface area contributed by atoms with Crippen LogP contribution in [0.4, 0.5) is 5.82 Å². The van der Waals surface area contributed by atoms with Crippen LogP contribution in [0.25, 0.3) is 0 Å². The molecule has 1 aliphatic heterocycles. The molecule has 0 unspecified atom stereocenters. The number of benzene rings is 1. The van der Waals surface area contributed by atoms with Gasteiger partial charge in [-0.15, -0.1) is 0 Å². The predicted molar refractivity (Wildman–Crippen MR) is 76.2 cm³/mol. The maximum Gasteiger partial charge on any atom is 0.128 e. The van der Waals surface area contributed by atoms with E-state index in [9.17, 15) is 5.11 Å². The Balaban J connectivity index is 1.78. The Labute approximate surface area is 113 Å². The lowest BCUT2D eigenvalue weighted by molar-refractivity contribution is 0.220. The van der Waals surface area contributed by atoms with Crippen LogP contribution in [0.3, 0.4) is 0 Å². The van der Waals surface area contributed by atoms with E-state index in [0.29, 0.717) is 0 Å². The minimum atomic E-state index is -0.596. The normalized spacial score (nSPS) is 16.6. The Morgan fingerprint density at radius 2 is 1.68 bits per heavy atom. The maximum atomic E-state index is 10.3. The molecule has 1 N–H and O–H groups in total. The number of nitrogens with zero attached hydrogens (tertiary/aromatic N) is 2. The number of hydrogen-bond donors (Lipinski definition) is 1. The van der Waals surface area contributed by atoms with Crippen molar-refractivity contribution >= 4 is 5.82 Å². The summed E-state index contributed by atoms with van der Waals surface area (Å²) in [4.78, 5) is 6.76. The average molecular weight is 254 g/mol. The molecule has 3 heteroatoms. The quantitative estimate of drug-likeness (QED) is 0.915. The van der Waals surface area contributed by atoms with Crippen molar-refractivity contribution in [3.05, 3.63) is 59.8 Å². The standard InChI is InChI=1S/C16H18N2O/c19-16(13-6-2-1-3-7-13)14-8-9-15(17-12-14)18-10-4-5-11-18/h1-3,6-9,12,16,19H,4-5,10-11H2/t16-/m0/s1. The van der Waals surface area contributed by atoms with E-state index in [4.69, 9.17) is 0 Å². The second-order valence-corrected chi connectivity index (χ2v) is 4.96. The summed E-state index contributed by atoms with van der Waals surface area (Å²) < 4.78 is 0. The fourth-order valence-corrected chi connectivity index (χ4v) is 2.52. The minimum absolute atomic E-state index is 0.596. The Hall–Kier alpha value is -1.87. The van der Waals surface area contributed by atoms with Crippen LogP contribution in [0.1, 0.15) is 30.1 Å². The highest BCUT2D eigenvalue weighted by molar-refractivity contribution is 5.41. The topological polar surface area (TPSA) is 36.4 Å². The van der Waals surface area contributed by atoms with Crippen LogP contribution in [0, 0.1) is 0 Å². The molecule has 1 aromatic heterocycles. The second kappa shape index (κ2) is 5.41. The number of aliphatic hydroxyl groups is 1. The smallest absolute Gasteiger partial charge is 0.128 e. The highest BCUT2D eigenvalue weighted by Gasteiger charge is 2.15. The van der Waals surface area contributed by atoms with Crippen LogP contribution in [0.15, 0.2) is 48.7 Å². The van der Waals surface area contributed by atoms with Gasteiger partial charge < -0.3 is 10.0 Å². The third kappa shape index (κ3) is 2.61. The molecule has 0 amide bonds. The number of anilines is 1. The largest absolute Gasteiger partial charge is 0.384 e. The molecule has 2 aromatic rings. The number of aromatic nitrogens is 1. The van der Waals surface area contributed by atoms with Crippen molar-refractivity contribution in [1.82, 2.24) is 4.98 Å².